The number of nitrogens with zero attached hydrogens (tertiary/aromatic N) is 2. The molecule has 100 valence electrons. The van der Waals surface area contributed by atoms with Crippen molar-refractivity contribution in [2.24, 2.45) is 0 Å². The fraction of sp³-hybridized carbons (Fsp3) is 0.583. The molecule has 0 aliphatic rings. The van der Waals surface area contributed by atoms with Gasteiger partial charge in [0.2, 0.25) is 5.88 Å². The van der Waals surface area contributed by atoms with Gasteiger partial charge in [-0.15, -0.1) is 0 Å². The number of aromatic nitrogens is 2. The maximum Gasteiger partial charge on any atom is 0.307 e. The summed E-state index contributed by atoms with van der Waals surface area (Å²) in [4.78, 5) is 19.5. The topological polar surface area (TPSA) is 73.3 Å². The van der Waals surface area contributed by atoms with E-state index in [1.165, 1.54) is 0 Å². The molecule has 0 aliphatic heterocycles. The van der Waals surface area contributed by atoms with Gasteiger partial charge in [-0.3, -0.25) is 4.79 Å². The zero-order valence-electron chi connectivity index (χ0n) is 11.0. The van der Waals surface area contributed by atoms with Gasteiger partial charge >= 0.3 is 5.97 Å². The summed E-state index contributed by atoms with van der Waals surface area (Å²) in [6.45, 7) is 6.90. The summed E-state index contributed by atoms with van der Waals surface area (Å²) in [5.41, 5.74) is 0. The van der Waals surface area contributed by atoms with Crippen LogP contribution in [0.4, 0.5) is 5.82 Å². The lowest BCUT2D eigenvalue weighted by molar-refractivity contribution is -0.142. The molecule has 18 heavy (non-hydrogen) atoms. The molecule has 0 atom stereocenters. The summed E-state index contributed by atoms with van der Waals surface area (Å²) in [7, 11) is 0. The van der Waals surface area contributed by atoms with Crippen LogP contribution in [0.1, 0.15) is 26.1 Å². The molecule has 0 aromatic carbocycles. The maximum atomic E-state index is 11.1. The first kappa shape index (κ1) is 14.2. The Bertz CT molecular complexity index is 396. The second-order valence-corrected chi connectivity index (χ2v) is 3.55. The second-order valence-electron chi connectivity index (χ2n) is 3.55. The highest BCUT2D eigenvalue weighted by atomic mass is 16.5. The zero-order chi connectivity index (χ0) is 13.4. The number of nitrogens with one attached hydrogen (secondary N) is 1. The highest BCUT2D eigenvalue weighted by molar-refractivity contribution is 5.69. The van der Waals surface area contributed by atoms with E-state index in [4.69, 9.17) is 9.47 Å². The van der Waals surface area contributed by atoms with Gasteiger partial charge in [0.25, 0.3) is 0 Å². The number of hydrogen-bond acceptors (Lipinski definition) is 6. The van der Waals surface area contributed by atoms with E-state index in [1.807, 2.05) is 6.92 Å². The molecule has 0 aliphatic carbocycles. The minimum atomic E-state index is -0.221. The van der Waals surface area contributed by atoms with Crippen LogP contribution in [0.2, 0.25) is 0 Å². The highest BCUT2D eigenvalue weighted by Gasteiger charge is 2.04. The Labute approximate surface area is 107 Å². The fourth-order valence-electron chi connectivity index (χ4n) is 1.38. The van der Waals surface area contributed by atoms with Crippen LogP contribution in [0.3, 0.4) is 0 Å². The molecule has 1 aromatic heterocycles. The number of rotatable bonds is 7. The van der Waals surface area contributed by atoms with Gasteiger partial charge < -0.3 is 14.8 Å². The molecule has 1 N–H and O–H groups in total. The van der Waals surface area contributed by atoms with Crippen molar-refractivity contribution in [2.45, 2.75) is 27.2 Å². The number of hydrogen-bond donors (Lipinski definition) is 1. The Morgan fingerprint density at radius 2 is 2.11 bits per heavy atom. The van der Waals surface area contributed by atoms with Gasteiger partial charge in [-0.05, 0) is 20.8 Å². The van der Waals surface area contributed by atoms with Crippen molar-refractivity contribution < 1.29 is 14.3 Å². The third-order valence-electron chi connectivity index (χ3n) is 2.05. The molecule has 0 bridgehead atoms. The molecule has 0 fully saturated rings. The van der Waals surface area contributed by atoms with E-state index in [0.717, 1.165) is 0 Å². The SMILES string of the molecule is CCOC(=O)CCNc1cc(OCC)nc(C)n1. The van der Waals surface area contributed by atoms with Crippen LogP contribution in [0.25, 0.3) is 0 Å². The van der Waals surface area contributed by atoms with Crippen molar-refractivity contribution in [3.05, 3.63) is 11.9 Å². The normalized spacial score (nSPS) is 9.94. The minimum absolute atomic E-state index is 0.221. The van der Waals surface area contributed by atoms with E-state index in [9.17, 15) is 4.79 Å². The predicted molar refractivity (Wildman–Crippen MR) is 67.7 cm³/mol. The third-order valence-corrected chi connectivity index (χ3v) is 2.05. The van der Waals surface area contributed by atoms with Gasteiger partial charge in [-0.1, -0.05) is 0 Å². The van der Waals surface area contributed by atoms with E-state index in [1.54, 1.807) is 19.9 Å². The Hall–Kier alpha value is -1.85. The van der Waals surface area contributed by atoms with Crippen LogP contribution >= 0.6 is 0 Å². The largest absolute Gasteiger partial charge is 0.478 e. The standard InChI is InChI=1S/C12H19N3O3/c1-4-17-11-8-10(14-9(3)15-11)13-7-6-12(16)18-5-2/h8H,4-7H2,1-3H3,(H,13,14,15). The minimum Gasteiger partial charge on any atom is -0.478 e. The Morgan fingerprint density at radius 1 is 1.33 bits per heavy atom. The lowest BCUT2D eigenvalue weighted by atomic mass is 10.4. The highest BCUT2D eigenvalue weighted by Crippen LogP contribution is 2.13. The van der Waals surface area contributed by atoms with E-state index < -0.39 is 0 Å². The van der Waals surface area contributed by atoms with Crippen molar-refractivity contribution in [3.63, 3.8) is 0 Å². The van der Waals surface area contributed by atoms with Gasteiger partial charge in [-0.2, -0.15) is 4.98 Å². The molecule has 6 heteroatoms. The van der Waals surface area contributed by atoms with Crippen LogP contribution in [0, 0.1) is 6.92 Å². The average Bonchev–Trinajstić information content (AvgIpc) is 2.29. The lowest BCUT2D eigenvalue weighted by Crippen LogP contribution is -2.12. The molecule has 0 spiro atoms. The number of aryl methyl sites for hydroxylation is 1. The van der Waals surface area contributed by atoms with Crippen molar-refractivity contribution in [2.75, 3.05) is 25.1 Å². The summed E-state index contributed by atoms with van der Waals surface area (Å²) >= 11 is 0. The van der Waals surface area contributed by atoms with Gasteiger partial charge in [-0.25, -0.2) is 4.98 Å². The molecular formula is C12H19N3O3. The number of anilines is 1. The molecule has 1 heterocycles. The third kappa shape index (κ3) is 4.99. The molecule has 1 aromatic rings. The van der Waals surface area contributed by atoms with Gasteiger partial charge in [0.1, 0.15) is 11.6 Å². The first-order valence-electron chi connectivity index (χ1n) is 6.03. The summed E-state index contributed by atoms with van der Waals surface area (Å²) in [6, 6.07) is 1.71. The van der Waals surface area contributed by atoms with Gasteiger partial charge in [0, 0.05) is 12.6 Å². The summed E-state index contributed by atoms with van der Waals surface area (Å²) < 4.78 is 10.1. The maximum absolute atomic E-state index is 11.1. The number of carbonyl (C=O) groups excluding carboxylic acids is 1. The van der Waals surface area contributed by atoms with Gasteiger partial charge in [0.15, 0.2) is 0 Å². The molecule has 1 rings (SSSR count). The quantitative estimate of drug-likeness (QED) is 0.743. The summed E-state index contributed by atoms with van der Waals surface area (Å²) in [5.74, 6) is 1.58. The van der Waals surface area contributed by atoms with Gasteiger partial charge in [0.05, 0.1) is 19.6 Å². The Balaban J connectivity index is 2.48. The second kappa shape index (κ2) is 7.47. The van der Waals surface area contributed by atoms with E-state index in [0.29, 0.717) is 43.7 Å². The van der Waals surface area contributed by atoms with Crippen LogP contribution in [-0.4, -0.2) is 35.7 Å². The van der Waals surface area contributed by atoms with Crippen molar-refractivity contribution >= 4 is 11.8 Å². The smallest absolute Gasteiger partial charge is 0.307 e. The summed E-state index contributed by atoms with van der Waals surface area (Å²) in [6.07, 6.45) is 0.306. The van der Waals surface area contributed by atoms with Crippen molar-refractivity contribution in [3.8, 4) is 5.88 Å². The van der Waals surface area contributed by atoms with E-state index in [-0.39, 0.29) is 5.97 Å². The number of esters is 1. The van der Waals surface area contributed by atoms with Crippen LogP contribution in [0.5, 0.6) is 5.88 Å². The lowest BCUT2D eigenvalue weighted by Gasteiger charge is -2.08. The Kier molecular flexibility index (Phi) is 5.90. The first-order valence-corrected chi connectivity index (χ1v) is 6.03. The molecule has 0 unspecified atom stereocenters. The number of carbonyl (C=O) groups is 1. The molecule has 0 radical (unpaired) electrons. The molecular weight excluding hydrogens is 234 g/mol. The van der Waals surface area contributed by atoms with E-state index in [2.05, 4.69) is 15.3 Å². The average molecular weight is 253 g/mol. The molecule has 0 saturated heterocycles. The fourth-order valence-corrected chi connectivity index (χ4v) is 1.38. The van der Waals surface area contributed by atoms with Crippen LogP contribution in [-0.2, 0) is 9.53 Å². The van der Waals surface area contributed by atoms with Crippen LogP contribution in [0.15, 0.2) is 6.07 Å². The zero-order valence-corrected chi connectivity index (χ0v) is 11.0. The first-order chi connectivity index (χ1) is 8.65. The molecule has 6 nitrogen and oxygen atoms in total. The summed E-state index contributed by atoms with van der Waals surface area (Å²) in [5, 5.41) is 3.04. The monoisotopic (exact) mass is 253 g/mol. The van der Waals surface area contributed by atoms with Crippen molar-refractivity contribution in [1.82, 2.24) is 9.97 Å². The Morgan fingerprint density at radius 3 is 2.78 bits per heavy atom. The van der Waals surface area contributed by atoms with Crippen LogP contribution < -0.4 is 10.1 Å². The number of ether oxygens (including phenoxy) is 2. The molecule has 0 amide bonds. The molecule has 0 saturated carbocycles. The van der Waals surface area contributed by atoms with Crippen molar-refractivity contribution in [1.29, 1.82) is 0 Å². The van der Waals surface area contributed by atoms with E-state index >= 15 is 0 Å². The predicted octanol–water partition coefficient (Wildman–Crippen LogP) is 1.55.